The second kappa shape index (κ2) is 5.13. The number of hydrogen-bond donors (Lipinski definition) is 1. The van der Waals surface area contributed by atoms with Gasteiger partial charge >= 0.3 is 5.97 Å². The van der Waals surface area contributed by atoms with Crippen molar-refractivity contribution in [3.8, 4) is 6.07 Å². The van der Waals surface area contributed by atoms with E-state index < -0.39 is 5.97 Å². The van der Waals surface area contributed by atoms with Crippen LogP contribution in [-0.4, -0.2) is 35.0 Å². The standard InChI is InChI=1S/C7H10N2O3/c1-6(10)9(4-2-3-8)5-7(11)12/h2,4-5H2,1H3,(H,11,12). The Kier molecular flexibility index (Phi) is 4.46. The molecule has 5 heteroatoms. The molecular formula is C7H10N2O3. The van der Waals surface area contributed by atoms with Crippen LogP contribution in [0.1, 0.15) is 13.3 Å². The Hall–Kier alpha value is -1.57. The molecule has 0 aromatic carbocycles. The van der Waals surface area contributed by atoms with Crippen LogP contribution in [0.5, 0.6) is 0 Å². The fourth-order valence-corrected chi connectivity index (χ4v) is 0.696. The minimum absolute atomic E-state index is 0.160. The highest BCUT2D eigenvalue weighted by Gasteiger charge is 2.11. The number of aliphatic carboxylic acids is 1. The van der Waals surface area contributed by atoms with E-state index in [1.165, 1.54) is 6.92 Å². The van der Waals surface area contributed by atoms with Crippen LogP contribution < -0.4 is 0 Å². The first-order valence-corrected chi connectivity index (χ1v) is 3.42. The van der Waals surface area contributed by atoms with Crippen molar-refractivity contribution >= 4 is 11.9 Å². The summed E-state index contributed by atoms with van der Waals surface area (Å²) < 4.78 is 0. The van der Waals surface area contributed by atoms with Crippen molar-refractivity contribution < 1.29 is 14.7 Å². The average Bonchev–Trinajstić information content (AvgIpc) is 1.96. The third-order valence-electron chi connectivity index (χ3n) is 1.26. The molecule has 1 N–H and O–H groups in total. The fraction of sp³-hybridized carbons (Fsp3) is 0.571. The van der Waals surface area contributed by atoms with Crippen molar-refractivity contribution in [1.82, 2.24) is 4.90 Å². The number of carboxylic acids is 1. The van der Waals surface area contributed by atoms with Crippen molar-refractivity contribution in [1.29, 1.82) is 5.26 Å². The van der Waals surface area contributed by atoms with Gasteiger partial charge in [0.25, 0.3) is 0 Å². The normalized spacial score (nSPS) is 8.67. The predicted molar refractivity (Wildman–Crippen MR) is 40.1 cm³/mol. The number of nitriles is 1. The zero-order valence-electron chi connectivity index (χ0n) is 6.78. The Labute approximate surface area is 70.2 Å². The lowest BCUT2D eigenvalue weighted by Crippen LogP contribution is -2.34. The second-order valence-electron chi connectivity index (χ2n) is 2.24. The quantitative estimate of drug-likeness (QED) is 0.635. The molecule has 0 aromatic heterocycles. The van der Waals surface area contributed by atoms with Gasteiger partial charge in [0.1, 0.15) is 6.54 Å². The number of nitrogens with zero attached hydrogens (tertiary/aromatic N) is 2. The Morgan fingerprint density at radius 2 is 2.17 bits per heavy atom. The van der Waals surface area contributed by atoms with Gasteiger partial charge < -0.3 is 10.0 Å². The zero-order valence-corrected chi connectivity index (χ0v) is 6.78. The van der Waals surface area contributed by atoms with Crippen LogP contribution in [-0.2, 0) is 9.59 Å². The number of rotatable bonds is 4. The molecule has 0 atom stereocenters. The first-order valence-electron chi connectivity index (χ1n) is 3.42. The molecule has 5 nitrogen and oxygen atoms in total. The van der Waals surface area contributed by atoms with Crippen molar-refractivity contribution in [2.24, 2.45) is 0 Å². The van der Waals surface area contributed by atoms with Crippen LogP contribution in [0, 0.1) is 11.3 Å². The van der Waals surface area contributed by atoms with E-state index >= 15 is 0 Å². The Morgan fingerprint density at radius 1 is 1.58 bits per heavy atom. The Morgan fingerprint density at radius 3 is 2.50 bits per heavy atom. The summed E-state index contributed by atoms with van der Waals surface area (Å²) in [5.74, 6) is -1.39. The van der Waals surface area contributed by atoms with Gasteiger partial charge in [-0.25, -0.2) is 0 Å². The molecule has 0 radical (unpaired) electrons. The smallest absolute Gasteiger partial charge is 0.323 e. The molecule has 66 valence electrons. The molecule has 0 rings (SSSR count). The molecule has 0 saturated heterocycles. The van der Waals surface area contributed by atoms with E-state index in [9.17, 15) is 9.59 Å². The van der Waals surface area contributed by atoms with E-state index in [1.807, 2.05) is 6.07 Å². The second-order valence-corrected chi connectivity index (χ2v) is 2.24. The van der Waals surface area contributed by atoms with Gasteiger partial charge in [-0.05, 0) is 0 Å². The third-order valence-corrected chi connectivity index (χ3v) is 1.26. The summed E-state index contributed by atoms with van der Waals surface area (Å²) in [6.07, 6.45) is 0.160. The van der Waals surface area contributed by atoms with Gasteiger partial charge in [0, 0.05) is 13.5 Å². The van der Waals surface area contributed by atoms with Crippen LogP contribution >= 0.6 is 0 Å². The Balaban J connectivity index is 3.97. The van der Waals surface area contributed by atoms with E-state index in [4.69, 9.17) is 10.4 Å². The first kappa shape index (κ1) is 10.4. The van der Waals surface area contributed by atoms with Gasteiger partial charge in [-0.15, -0.1) is 0 Å². The summed E-state index contributed by atoms with van der Waals surface area (Å²) in [5, 5.41) is 16.6. The lowest BCUT2D eigenvalue weighted by atomic mass is 10.4. The number of hydrogen-bond acceptors (Lipinski definition) is 3. The van der Waals surface area contributed by atoms with Crippen LogP contribution in [0.4, 0.5) is 0 Å². The van der Waals surface area contributed by atoms with Gasteiger partial charge in [0.2, 0.25) is 5.91 Å². The molecule has 0 aliphatic rings. The molecular weight excluding hydrogens is 160 g/mol. The summed E-state index contributed by atoms with van der Waals surface area (Å²) in [6.45, 7) is 1.12. The van der Waals surface area contributed by atoms with Crippen LogP contribution in [0.15, 0.2) is 0 Å². The lowest BCUT2D eigenvalue weighted by molar-refractivity contribution is -0.143. The topological polar surface area (TPSA) is 81.4 Å². The molecule has 1 amide bonds. The van der Waals surface area contributed by atoms with Crippen molar-refractivity contribution in [2.45, 2.75) is 13.3 Å². The minimum atomic E-state index is -1.07. The molecule has 0 aromatic rings. The maximum atomic E-state index is 10.7. The zero-order chi connectivity index (χ0) is 9.56. The van der Waals surface area contributed by atoms with Crippen molar-refractivity contribution in [3.63, 3.8) is 0 Å². The summed E-state index contributed by atoms with van der Waals surface area (Å²) in [4.78, 5) is 22.1. The van der Waals surface area contributed by atoms with Gasteiger partial charge in [-0.3, -0.25) is 9.59 Å². The maximum Gasteiger partial charge on any atom is 0.323 e. The summed E-state index contributed by atoms with van der Waals surface area (Å²) in [7, 11) is 0. The molecule has 0 saturated carbocycles. The summed E-state index contributed by atoms with van der Waals surface area (Å²) in [6, 6.07) is 1.84. The minimum Gasteiger partial charge on any atom is -0.480 e. The molecule has 0 fully saturated rings. The highest BCUT2D eigenvalue weighted by atomic mass is 16.4. The van der Waals surface area contributed by atoms with Crippen LogP contribution in [0.25, 0.3) is 0 Å². The molecule has 0 spiro atoms. The molecule has 12 heavy (non-hydrogen) atoms. The van der Waals surface area contributed by atoms with Crippen LogP contribution in [0.2, 0.25) is 0 Å². The molecule has 0 aliphatic carbocycles. The first-order chi connectivity index (χ1) is 5.57. The number of amides is 1. The number of carbonyl (C=O) groups is 2. The molecule has 0 heterocycles. The summed E-state index contributed by atoms with van der Waals surface area (Å²) in [5.41, 5.74) is 0. The van der Waals surface area contributed by atoms with Gasteiger partial charge in [-0.1, -0.05) is 0 Å². The van der Waals surface area contributed by atoms with Crippen molar-refractivity contribution in [2.75, 3.05) is 13.1 Å². The predicted octanol–water partition coefficient (Wildman–Crippen LogP) is -0.167. The fourth-order valence-electron chi connectivity index (χ4n) is 0.696. The Bertz CT molecular complexity index is 219. The maximum absolute atomic E-state index is 10.7. The van der Waals surface area contributed by atoms with E-state index in [2.05, 4.69) is 0 Å². The largest absolute Gasteiger partial charge is 0.480 e. The van der Waals surface area contributed by atoms with E-state index in [-0.39, 0.29) is 25.4 Å². The van der Waals surface area contributed by atoms with E-state index in [0.717, 1.165) is 4.90 Å². The van der Waals surface area contributed by atoms with Gasteiger partial charge in [0.15, 0.2) is 0 Å². The number of carboxylic acid groups (broad SMARTS) is 1. The third kappa shape index (κ3) is 4.28. The summed E-state index contributed by atoms with van der Waals surface area (Å²) >= 11 is 0. The highest BCUT2D eigenvalue weighted by molar-refractivity contribution is 5.79. The number of carbonyl (C=O) groups excluding carboxylic acids is 1. The van der Waals surface area contributed by atoms with Gasteiger partial charge in [0.05, 0.1) is 12.5 Å². The van der Waals surface area contributed by atoms with Gasteiger partial charge in [-0.2, -0.15) is 5.26 Å². The van der Waals surface area contributed by atoms with Crippen LogP contribution in [0.3, 0.4) is 0 Å². The highest BCUT2D eigenvalue weighted by Crippen LogP contribution is 1.91. The SMILES string of the molecule is CC(=O)N(CCC#N)CC(=O)O. The average molecular weight is 170 g/mol. The van der Waals surface area contributed by atoms with E-state index in [0.29, 0.717) is 0 Å². The molecule has 0 unspecified atom stereocenters. The molecule has 0 bridgehead atoms. The van der Waals surface area contributed by atoms with Crippen molar-refractivity contribution in [3.05, 3.63) is 0 Å². The molecule has 0 aliphatic heterocycles. The van der Waals surface area contributed by atoms with E-state index in [1.54, 1.807) is 0 Å². The monoisotopic (exact) mass is 170 g/mol. The lowest BCUT2D eigenvalue weighted by Gasteiger charge is -2.16.